The van der Waals surface area contributed by atoms with Gasteiger partial charge in [-0.2, -0.15) is 0 Å². The molecular weight excluding hydrogens is 252 g/mol. The molecule has 0 atom stereocenters. The van der Waals surface area contributed by atoms with Crippen LogP contribution in [0.15, 0.2) is 24.3 Å². The lowest BCUT2D eigenvalue weighted by atomic mass is 10.1. The van der Waals surface area contributed by atoms with Crippen LogP contribution in [-0.2, 0) is 6.54 Å². The molecule has 1 saturated heterocycles. The quantitative estimate of drug-likeness (QED) is 0.901. The fraction of sp³-hybridized carbons (Fsp3) is 0.438. The molecule has 2 heterocycles. The number of benzene rings is 1. The van der Waals surface area contributed by atoms with Crippen LogP contribution >= 0.6 is 0 Å². The molecule has 1 fully saturated rings. The number of nitrogens with one attached hydrogen (secondary N) is 1. The minimum atomic E-state index is -0.879. The second-order valence-electron chi connectivity index (χ2n) is 5.59. The molecule has 1 aliphatic rings. The number of hydrogen-bond acceptors (Lipinski definition) is 2. The lowest BCUT2D eigenvalue weighted by molar-refractivity contribution is 0.0697. The number of H-pyrrole nitrogens is 1. The Bertz CT molecular complexity index is 610. The summed E-state index contributed by atoms with van der Waals surface area (Å²) in [6, 6.07) is 7.38. The van der Waals surface area contributed by atoms with Gasteiger partial charge in [0, 0.05) is 17.8 Å². The van der Waals surface area contributed by atoms with Gasteiger partial charge in [0.2, 0.25) is 0 Å². The van der Waals surface area contributed by atoms with Crippen molar-refractivity contribution in [3.05, 3.63) is 35.5 Å². The average molecular weight is 272 g/mol. The second-order valence-corrected chi connectivity index (χ2v) is 5.59. The largest absolute Gasteiger partial charge is 0.478 e. The molecule has 0 spiro atoms. The molecule has 3 rings (SSSR count). The fourth-order valence-corrected chi connectivity index (χ4v) is 2.94. The van der Waals surface area contributed by atoms with Gasteiger partial charge in [-0.3, -0.25) is 4.90 Å². The molecule has 0 aliphatic carbocycles. The number of likely N-dealkylation sites (tertiary alicyclic amines) is 1. The van der Waals surface area contributed by atoms with E-state index in [-0.39, 0.29) is 0 Å². The van der Waals surface area contributed by atoms with Crippen LogP contribution in [0.4, 0.5) is 0 Å². The zero-order valence-electron chi connectivity index (χ0n) is 11.6. The Morgan fingerprint density at radius 3 is 2.60 bits per heavy atom. The van der Waals surface area contributed by atoms with Crippen LogP contribution in [0.5, 0.6) is 0 Å². The summed E-state index contributed by atoms with van der Waals surface area (Å²) in [7, 11) is 0. The molecule has 0 amide bonds. The van der Waals surface area contributed by atoms with E-state index >= 15 is 0 Å². The summed E-state index contributed by atoms with van der Waals surface area (Å²) in [6.07, 6.45) is 5.24. The SMILES string of the molecule is O=C(O)c1ccc2cc(CN3CCCCCC3)[nH]c2c1. The summed E-state index contributed by atoms with van der Waals surface area (Å²) >= 11 is 0. The van der Waals surface area contributed by atoms with Crippen LogP contribution in [0.1, 0.15) is 41.7 Å². The fourth-order valence-electron chi connectivity index (χ4n) is 2.94. The minimum absolute atomic E-state index is 0.334. The first-order valence-corrected chi connectivity index (χ1v) is 7.30. The highest BCUT2D eigenvalue weighted by Gasteiger charge is 2.11. The average Bonchev–Trinajstić information content (AvgIpc) is 2.64. The Morgan fingerprint density at radius 2 is 1.90 bits per heavy atom. The first-order chi connectivity index (χ1) is 9.72. The van der Waals surface area contributed by atoms with Gasteiger partial charge in [-0.05, 0) is 49.5 Å². The molecule has 1 aromatic carbocycles. The molecule has 0 saturated carbocycles. The van der Waals surface area contributed by atoms with E-state index in [0.29, 0.717) is 5.56 Å². The van der Waals surface area contributed by atoms with Crippen molar-refractivity contribution >= 4 is 16.9 Å². The van der Waals surface area contributed by atoms with Crippen LogP contribution in [0.25, 0.3) is 10.9 Å². The maximum Gasteiger partial charge on any atom is 0.335 e. The lowest BCUT2D eigenvalue weighted by Crippen LogP contribution is -2.24. The van der Waals surface area contributed by atoms with E-state index in [2.05, 4.69) is 16.0 Å². The van der Waals surface area contributed by atoms with E-state index < -0.39 is 5.97 Å². The van der Waals surface area contributed by atoms with Crippen LogP contribution in [0.3, 0.4) is 0 Å². The second kappa shape index (κ2) is 5.67. The molecule has 20 heavy (non-hydrogen) atoms. The monoisotopic (exact) mass is 272 g/mol. The Morgan fingerprint density at radius 1 is 1.15 bits per heavy atom. The minimum Gasteiger partial charge on any atom is -0.478 e. The van der Waals surface area contributed by atoms with Crippen molar-refractivity contribution < 1.29 is 9.90 Å². The van der Waals surface area contributed by atoms with Gasteiger partial charge in [0.25, 0.3) is 0 Å². The zero-order chi connectivity index (χ0) is 13.9. The van der Waals surface area contributed by atoms with Gasteiger partial charge in [0.05, 0.1) is 5.56 Å². The van der Waals surface area contributed by atoms with E-state index in [1.54, 1.807) is 12.1 Å². The summed E-state index contributed by atoms with van der Waals surface area (Å²) in [5, 5.41) is 10.1. The van der Waals surface area contributed by atoms with Crippen LogP contribution in [0.2, 0.25) is 0 Å². The highest BCUT2D eigenvalue weighted by Crippen LogP contribution is 2.19. The predicted molar refractivity (Wildman–Crippen MR) is 79.0 cm³/mol. The Labute approximate surface area is 118 Å². The van der Waals surface area contributed by atoms with E-state index in [1.165, 1.54) is 31.4 Å². The Hall–Kier alpha value is -1.81. The number of carboxylic acid groups (broad SMARTS) is 1. The lowest BCUT2D eigenvalue weighted by Gasteiger charge is -2.18. The summed E-state index contributed by atoms with van der Waals surface area (Å²) < 4.78 is 0. The van der Waals surface area contributed by atoms with Crippen molar-refractivity contribution in [1.29, 1.82) is 0 Å². The highest BCUT2D eigenvalue weighted by atomic mass is 16.4. The normalized spacial score (nSPS) is 17.2. The van der Waals surface area contributed by atoms with Gasteiger partial charge in [-0.1, -0.05) is 18.9 Å². The highest BCUT2D eigenvalue weighted by molar-refractivity contribution is 5.93. The molecule has 1 aromatic heterocycles. The zero-order valence-corrected chi connectivity index (χ0v) is 11.6. The molecule has 0 bridgehead atoms. The van der Waals surface area contributed by atoms with Crippen molar-refractivity contribution in [3.63, 3.8) is 0 Å². The summed E-state index contributed by atoms with van der Waals surface area (Å²) in [6.45, 7) is 3.25. The maximum atomic E-state index is 11.0. The molecule has 4 nitrogen and oxygen atoms in total. The van der Waals surface area contributed by atoms with Crippen molar-refractivity contribution in [3.8, 4) is 0 Å². The van der Waals surface area contributed by atoms with Gasteiger partial charge in [0.15, 0.2) is 0 Å². The van der Waals surface area contributed by atoms with Gasteiger partial charge >= 0.3 is 5.97 Å². The third kappa shape index (κ3) is 2.85. The smallest absolute Gasteiger partial charge is 0.335 e. The molecule has 4 heteroatoms. The third-order valence-corrected chi connectivity index (χ3v) is 4.02. The molecule has 1 aliphatic heterocycles. The van der Waals surface area contributed by atoms with Crippen LogP contribution in [0, 0.1) is 0 Å². The molecule has 2 aromatic rings. The predicted octanol–water partition coefficient (Wildman–Crippen LogP) is 3.24. The van der Waals surface area contributed by atoms with Crippen LogP contribution < -0.4 is 0 Å². The van der Waals surface area contributed by atoms with Crippen LogP contribution in [-0.4, -0.2) is 34.0 Å². The van der Waals surface area contributed by atoms with Crippen molar-refractivity contribution in [2.75, 3.05) is 13.1 Å². The number of carbonyl (C=O) groups is 1. The number of fused-ring (bicyclic) bond motifs is 1. The van der Waals surface area contributed by atoms with Crippen molar-refractivity contribution in [2.24, 2.45) is 0 Å². The van der Waals surface area contributed by atoms with Crippen molar-refractivity contribution in [2.45, 2.75) is 32.2 Å². The van der Waals surface area contributed by atoms with E-state index in [0.717, 1.165) is 30.5 Å². The summed E-state index contributed by atoms with van der Waals surface area (Å²) in [5.41, 5.74) is 2.42. The standard InChI is InChI=1S/C16H20N2O2/c19-16(20)13-6-5-12-9-14(17-15(12)10-13)11-18-7-3-1-2-4-8-18/h5-6,9-10,17H,1-4,7-8,11H2,(H,19,20). The number of aromatic carboxylic acids is 1. The van der Waals surface area contributed by atoms with Gasteiger partial charge in [-0.25, -0.2) is 4.79 Å². The van der Waals surface area contributed by atoms with Gasteiger partial charge in [-0.15, -0.1) is 0 Å². The number of hydrogen-bond donors (Lipinski definition) is 2. The first kappa shape index (κ1) is 13.2. The number of aromatic nitrogens is 1. The molecule has 0 unspecified atom stereocenters. The third-order valence-electron chi connectivity index (χ3n) is 4.02. The Balaban J connectivity index is 1.79. The summed E-state index contributed by atoms with van der Waals surface area (Å²) in [5.74, 6) is -0.879. The topological polar surface area (TPSA) is 56.3 Å². The molecule has 106 valence electrons. The van der Waals surface area contributed by atoms with Gasteiger partial charge < -0.3 is 10.1 Å². The number of carboxylic acids is 1. The van der Waals surface area contributed by atoms with E-state index in [9.17, 15) is 4.79 Å². The first-order valence-electron chi connectivity index (χ1n) is 7.30. The molecule has 0 radical (unpaired) electrons. The molecule has 2 N–H and O–H groups in total. The van der Waals surface area contributed by atoms with Crippen molar-refractivity contribution in [1.82, 2.24) is 9.88 Å². The Kier molecular flexibility index (Phi) is 3.74. The number of aromatic amines is 1. The number of nitrogens with zero attached hydrogens (tertiary/aromatic N) is 1. The summed E-state index contributed by atoms with van der Waals surface area (Å²) in [4.78, 5) is 16.8. The molecular formula is C16H20N2O2. The number of rotatable bonds is 3. The van der Waals surface area contributed by atoms with E-state index in [1.807, 2.05) is 6.07 Å². The van der Waals surface area contributed by atoms with Gasteiger partial charge in [0.1, 0.15) is 0 Å². The maximum absolute atomic E-state index is 11.0. The van der Waals surface area contributed by atoms with E-state index in [4.69, 9.17) is 5.11 Å².